The fourth-order valence-electron chi connectivity index (χ4n) is 3.51. The number of amides is 1. The first-order valence-electron chi connectivity index (χ1n) is 9.40. The number of hydrogen-bond acceptors (Lipinski definition) is 4. The molecule has 28 heavy (non-hydrogen) atoms. The largest absolute Gasteiger partial charge is 0.334 e. The molecule has 1 saturated heterocycles. The summed E-state index contributed by atoms with van der Waals surface area (Å²) in [6, 6.07) is 7.61. The topological polar surface area (TPSA) is 67.2 Å². The molecular formula is C20H26ClFN4O2. The van der Waals surface area contributed by atoms with Crippen LogP contribution in [0.15, 0.2) is 35.1 Å². The summed E-state index contributed by atoms with van der Waals surface area (Å²) < 4.78 is 15.5. The van der Waals surface area contributed by atoms with Gasteiger partial charge in [-0.3, -0.25) is 9.59 Å². The lowest BCUT2D eigenvalue weighted by Gasteiger charge is -2.34. The highest BCUT2D eigenvalue weighted by Crippen LogP contribution is 2.17. The standard InChI is InChI=1S/C20H25FN4O2.ClH/c1-3-12-24(15-8-10-22-11-9-15)20(27)19-18(26)13-14(2)25(23-19)17-7-5-4-6-16(17)21;/h4-7,13,15,22H,3,8-12H2,1-2H3;1H. The number of halogens is 2. The third-order valence-electron chi connectivity index (χ3n) is 4.87. The van der Waals surface area contributed by atoms with Gasteiger partial charge in [0.25, 0.3) is 5.91 Å². The molecule has 0 radical (unpaired) electrons. The van der Waals surface area contributed by atoms with E-state index in [1.807, 2.05) is 6.92 Å². The molecule has 0 spiro atoms. The Morgan fingerprint density at radius 2 is 2.00 bits per heavy atom. The molecule has 1 aliphatic heterocycles. The number of rotatable bonds is 5. The van der Waals surface area contributed by atoms with Gasteiger partial charge in [0.2, 0.25) is 5.43 Å². The summed E-state index contributed by atoms with van der Waals surface area (Å²) in [5, 5.41) is 7.54. The van der Waals surface area contributed by atoms with Crippen LogP contribution >= 0.6 is 12.4 Å². The number of carbonyl (C=O) groups excluding carboxylic acids is 1. The fraction of sp³-hybridized carbons (Fsp3) is 0.450. The third-order valence-corrected chi connectivity index (χ3v) is 4.87. The van der Waals surface area contributed by atoms with E-state index in [4.69, 9.17) is 0 Å². The molecule has 6 nitrogen and oxygen atoms in total. The minimum atomic E-state index is -0.459. The van der Waals surface area contributed by atoms with Gasteiger partial charge in [-0.25, -0.2) is 9.07 Å². The molecule has 0 unspecified atom stereocenters. The van der Waals surface area contributed by atoms with Gasteiger partial charge >= 0.3 is 0 Å². The molecule has 1 N–H and O–H groups in total. The summed E-state index contributed by atoms with van der Waals surface area (Å²) in [6.45, 7) is 5.93. The Morgan fingerprint density at radius 1 is 1.32 bits per heavy atom. The smallest absolute Gasteiger partial charge is 0.278 e. The molecule has 2 aromatic rings. The summed E-state index contributed by atoms with van der Waals surface area (Å²) in [4.78, 5) is 27.4. The Balaban J connectivity index is 0.00000280. The van der Waals surface area contributed by atoms with Crippen LogP contribution in [0.4, 0.5) is 4.39 Å². The highest BCUT2D eigenvalue weighted by atomic mass is 35.5. The van der Waals surface area contributed by atoms with Crippen molar-refractivity contribution in [2.75, 3.05) is 19.6 Å². The van der Waals surface area contributed by atoms with Gasteiger partial charge in [0.15, 0.2) is 5.69 Å². The predicted octanol–water partition coefficient (Wildman–Crippen LogP) is 2.71. The molecule has 0 saturated carbocycles. The quantitative estimate of drug-likeness (QED) is 0.826. The molecule has 1 aromatic carbocycles. The van der Waals surface area contributed by atoms with E-state index in [-0.39, 0.29) is 35.7 Å². The lowest BCUT2D eigenvalue weighted by atomic mass is 10.0. The van der Waals surface area contributed by atoms with Gasteiger partial charge in [0.05, 0.1) is 0 Å². The Labute approximate surface area is 170 Å². The second-order valence-corrected chi connectivity index (χ2v) is 6.84. The van der Waals surface area contributed by atoms with Crippen molar-refractivity contribution in [2.24, 2.45) is 0 Å². The van der Waals surface area contributed by atoms with Crippen molar-refractivity contribution < 1.29 is 9.18 Å². The molecule has 1 amide bonds. The number of para-hydroxylation sites is 1. The summed E-state index contributed by atoms with van der Waals surface area (Å²) in [5.74, 6) is -0.835. The van der Waals surface area contributed by atoms with Gasteiger partial charge in [-0.15, -0.1) is 12.4 Å². The minimum absolute atomic E-state index is 0. The molecular weight excluding hydrogens is 383 g/mol. The van der Waals surface area contributed by atoms with E-state index in [1.54, 1.807) is 30.0 Å². The Bertz CT molecular complexity index is 881. The van der Waals surface area contributed by atoms with E-state index >= 15 is 0 Å². The summed E-state index contributed by atoms with van der Waals surface area (Å²) in [6.07, 6.45) is 2.49. The van der Waals surface area contributed by atoms with Crippen LogP contribution in [0, 0.1) is 12.7 Å². The van der Waals surface area contributed by atoms with Gasteiger partial charge in [-0.1, -0.05) is 19.1 Å². The van der Waals surface area contributed by atoms with E-state index in [9.17, 15) is 14.0 Å². The summed E-state index contributed by atoms with van der Waals surface area (Å²) in [7, 11) is 0. The van der Waals surface area contributed by atoms with Crippen LogP contribution in [0.25, 0.3) is 5.69 Å². The number of piperidine rings is 1. The van der Waals surface area contributed by atoms with E-state index < -0.39 is 11.2 Å². The average molecular weight is 409 g/mol. The molecule has 1 fully saturated rings. The zero-order valence-electron chi connectivity index (χ0n) is 16.2. The molecule has 0 bridgehead atoms. The molecule has 8 heteroatoms. The molecule has 0 atom stereocenters. The van der Waals surface area contributed by atoms with E-state index in [0.29, 0.717) is 12.2 Å². The lowest BCUT2D eigenvalue weighted by molar-refractivity contribution is 0.0633. The maximum atomic E-state index is 14.2. The fourth-order valence-corrected chi connectivity index (χ4v) is 3.51. The minimum Gasteiger partial charge on any atom is -0.334 e. The third kappa shape index (κ3) is 4.59. The molecule has 152 valence electrons. The second-order valence-electron chi connectivity index (χ2n) is 6.84. The Morgan fingerprint density at radius 3 is 2.64 bits per heavy atom. The highest BCUT2D eigenvalue weighted by Gasteiger charge is 2.28. The van der Waals surface area contributed by atoms with Crippen LogP contribution in [0.5, 0.6) is 0 Å². The first-order chi connectivity index (χ1) is 13.0. The van der Waals surface area contributed by atoms with Gasteiger partial charge < -0.3 is 10.2 Å². The number of carbonyl (C=O) groups is 1. The number of aryl methyl sites for hydroxylation is 1. The zero-order chi connectivity index (χ0) is 19.4. The predicted molar refractivity (Wildman–Crippen MR) is 109 cm³/mol. The number of benzene rings is 1. The average Bonchev–Trinajstić information content (AvgIpc) is 2.67. The maximum Gasteiger partial charge on any atom is 0.278 e. The summed E-state index contributed by atoms with van der Waals surface area (Å²) >= 11 is 0. The van der Waals surface area contributed by atoms with Crippen molar-refractivity contribution in [3.8, 4) is 5.69 Å². The van der Waals surface area contributed by atoms with Gasteiger partial charge in [0, 0.05) is 24.3 Å². The number of hydrogen-bond donors (Lipinski definition) is 1. The van der Waals surface area contributed by atoms with Crippen LogP contribution in [0.2, 0.25) is 0 Å². The van der Waals surface area contributed by atoms with E-state index in [0.717, 1.165) is 32.4 Å². The Kier molecular flexibility index (Phi) is 7.71. The summed E-state index contributed by atoms with van der Waals surface area (Å²) in [5.41, 5.74) is 0.106. The molecule has 2 heterocycles. The van der Waals surface area contributed by atoms with E-state index in [1.165, 1.54) is 16.8 Å². The van der Waals surface area contributed by atoms with Crippen molar-refractivity contribution in [2.45, 2.75) is 39.2 Å². The van der Waals surface area contributed by atoms with Crippen molar-refractivity contribution >= 4 is 18.3 Å². The molecule has 3 rings (SSSR count). The second kappa shape index (κ2) is 9.80. The monoisotopic (exact) mass is 408 g/mol. The normalized spacial score (nSPS) is 14.4. The first-order valence-corrected chi connectivity index (χ1v) is 9.40. The number of nitrogens with one attached hydrogen (secondary N) is 1. The van der Waals surface area contributed by atoms with Crippen LogP contribution in [0.1, 0.15) is 42.4 Å². The van der Waals surface area contributed by atoms with Gasteiger partial charge in [-0.05, 0) is 51.4 Å². The van der Waals surface area contributed by atoms with Crippen molar-refractivity contribution in [3.05, 3.63) is 57.8 Å². The van der Waals surface area contributed by atoms with Crippen LogP contribution in [-0.2, 0) is 0 Å². The van der Waals surface area contributed by atoms with Crippen molar-refractivity contribution in [1.29, 1.82) is 0 Å². The van der Waals surface area contributed by atoms with Gasteiger partial charge in [0.1, 0.15) is 11.5 Å². The van der Waals surface area contributed by atoms with Crippen LogP contribution in [0.3, 0.4) is 0 Å². The SMILES string of the molecule is CCCN(C(=O)c1nn(-c2ccccc2F)c(C)cc1=O)C1CCNCC1.Cl. The van der Waals surface area contributed by atoms with Crippen molar-refractivity contribution in [1.82, 2.24) is 20.0 Å². The van der Waals surface area contributed by atoms with Gasteiger partial charge in [-0.2, -0.15) is 5.10 Å². The van der Waals surface area contributed by atoms with Crippen molar-refractivity contribution in [3.63, 3.8) is 0 Å². The van der Waals surface area contributed by atoms with Crippen LogP contribution in [-0.4, -0.2) is 46.3 Å². The van der Waals surface area contributed by atoms with E-state index in [2.05, 4.69) is 10.4 Å². The van der Waals surface area contributed by atoms with Crippen LogP contribution < -0.4 is 10.7 Å². The zero-order valence-corrected chi connectivity index (χ0v) is 17.0. The number of nitrogens with zero attached hydrogens (tertiary/aromatic N) is 3. The highest BCUT2D eigenvalue weighted by molar-refractivity contribution is 5.92. The molecule has 0 aliphatic carbocycles. The molecule has 1 aromatic heterocycles. The maximum absolute atomic E-state index is 14.2. The molecule has 1 aliphatic rings. The number of aromatic nitrogens is 2. The lowest BCUT2D eigenvalue weighted by Crippen LogP contribution is -2.48. The Hall–Kier alpha value is -2.25. The first kappa shape index (κ1) is 22.0.